The van der Waals surface area contributed by atoms with Gasteiger partial charge in [-0.3, -0.25) is 4.79 Å². The van der Waals surface area contributed by atoms with Gasteiger partial charge in [0.15, 0.2) is 0 Å². The summed E-state index contributed by atoms with van der Waals surface area (Å²) in [6.07, 6.45) is 1.01. The van der Waals surface area contributed by atoms with Crippen LogP contribution in [0.4, 0.5) is 0 Å². The third kappa shape index (κ3) is 4.61. The summed E-state index contributed by atoms with van der Waals surface area (Å²) < 4.78 is 4.40. The van der Waals surface area contributed by atoms with Crippen molar-refractivity contribution in [2.24, 2.45) is 11.7 Å². The maximum atomic E-state index is 11.2. The molecule has 1 atom stereocenters. The van der Waals surface area contributed by atoms with Crippen LogP contribution >= 0.6 is 0 Å². The molecule has 5 heteroatoms. The van der Waals surface area contributed by atoms with Gasteiger partial charge < -0.3 is 15.8 Å². The van der Waals surface area contributed by atoms with Gasteiger partial charge >= 0.3 is 5.97 Å². The number of hydrogen-bond donors (Lipinski definition) is 2. The van der Waals surface area contributed by atoms with E-state index in [1.54, 1.807) is 0 Å². The molecule has 0 aromatic carbocycles. The van der Waals surface area contributed by atoms with E-state index in [9.17, 15) is 9.59 Å². The van der Waals surface area contributed by atoms with Gasteiger partial charge in [-0.15, -0.1) is 0 Å². The fraction of sp³-hybridized carbons (Fsp3) is 0.556. The van der Waals surface area contributed by atoms with E-state index < -0.39 is 12.0 Å². The summed E-state index contributed by atoms with van der Waals surface area (Å²) in [6.45, 7) is 6.67. The number of amides is 1. The van der Waals surface area contributed by atoms with Crippen LogP contribution in [0.5, 0.6) is 0 Å². The molecule has 0 spiro atoms. The second-order valence-corrected chi connectivity index (χ2v) is 3.14. The molecular weight excluding hydrogens is 184 g/mol. The van der Waals surface area contributed by atoms with E-state index in [1.165, 1.54) is 0 Å². The topological polar surface area (TPSA) is 81.4 Å². The highest BCUT2D eigenvalue weighted by Crippen LogP contribution is 1.97. The van der Waals surface area contributed by atoms with Crippen LogP contribution in [-0.4, -0.2) is 24.5 Å². The van der Waals surface area contributed by atoms with E-state index in [4.69, 9.17) is 5.73 Å². The second kappa shape index (κ2) is 6.15. The van der Waals surface area contributed by atoms with Crippen LogP contribution < -0.4 is 11.1 Å². The van der Waals surface area contributed by atoms with Gasteiger partial charge in [-0.25, -0.2) is 4.79 Å². The summed E-state index contributed by atoms with van der Waals surface area (Å²) in [5.41, 5.74) is 5.54. The maximum Gasteiger partial charge on any atom is 0.330 e. The van der Waals surface area contributed by atoms with E-state index in [0.29, 0.717) is 0 Å². The van der Waals surface area contributed by atoms with Crippen molar-refractivity contribution in [1.82, 2.24) is 5.32 Å². The van der Waals surface area contributed by atoms with Crippen molar-refractivity contribution in [3.8, 4) is 0 Å². The Hall–Kier alpha value is -1.36. The molecule has 0 heterocycles. The Labute approximate surface area is 83.3 Å². The molecule has 0 aliphatic heterocycles. The van der Waals surface area contributed by atoms with Gasteiger partial charge in [-0.2, -0.15) is 0 Å². The van der Waals surface area contributed by atoms with Crippen LogP contribution in [-0.2, 0) is 14.3 Å². The largest absolute Gasteiger partial charge is 0.434 e. The summed E-state index contributed by atoms with van der Waals surface area (Å²) in [6, 6.07) is -0.605. The van der Waals surface area contributed by atoms with Crippen molar-refractivity contribution < 1.29 is 14.3 Å². The van der Waals surface area contributed by atoms with Gasteiger partial charge in [0, 0.05) is 0 Å². The number of ether oxygens (including phenoxy) is 1. The predicted molar refractivity (Wildman–Crippen MR) is 52.1 cm³/mol. The lowest BCUT2D eigenvalue weighted by molar-refractivity contribution is -0.139. The molecule has 0 aromatic rings. The molecule has 1 amide bonds. The van der Waals surface area contributed by atoms with Crippen LogP contribution in [0.1, 0.15) is 13.8 Å². The van der Waals surface area contributed by atoms with Crippen molar-refractivity contribution in [3.05, 3.63) is 12.8 Å². The van der Waals surface area contributed by atoms with Crippen molar-refractivity contribution in [3.63, 3.8) is 0 Å². The van der Waals surface area contributed by atoms with E-state index in [1.807, 2.05) is 13.8 Å². The SMILES string of the molecule is C=COC(=O)CNC(=O)C(N)C(C)C. The minimum absolute atomic E-state index is 0.0328. The molecule has 0 aliphatic rings. The van der Waals surface area contributed by atoms with Crippen molar-refractivity contribution >= 4 is 11.9 Å². The standard InChI is InChI=1S/C9H16N2O3/c1-4-14-7(12)5-11-9(13)8(10)6(2)3/h4,6,8H,1,5,10H2,2-3H3,(H,11,13). The molecule has 0 bridgehead atoms. The number of rotatable bonds is 5. The van der Waals surface area contributed by atoms with Crippen molar-refractivity contribution in [1.29, 1.82) is 0 Å². The summed E-state index contributed by atoms with van der Waals surface area (Å²) in [7, 11) is 0. The number of nitrogens with two attached hydrogens (primary N) is 1. The number of hydrogen-bond acceptors (Lipinski definition) is 4. The van der Waals surface area contributed by atoms with E-state index in [-0.39, 0.29) is 18.4 Å². The van der Waals surface area contributed by atoms with E-state index in [2.05, 4.69) is 16.6 Å². The minimum atomic E-state index is -0.605. The molecule has 3 N–H and O–H groups in total. The Morgan fingerprint density at radius 3 is 2.57 bits per heavy atom. The minimum Gasteiger partial charge on any atom is -0.434 e. The van der Waals surface area contributed by atoms with E-state index >= 15 is 0 Å². The molecule has 0 rings (SSSR count). The molecule has 0 radical (unpaired) electrons. The fourth-order valence-corrected chi connectivity index (χ4v) is 0.714. The fourth-order valence-electron chi connectivity index (χ4n) is 0.714. The first-order valence-corrected chi connectivity index (χ1v) is 4.32. The zero-order valence-corrected chi connectivity index (χ0v) is 8.45. The summed E-state index contributed by atoms with van der Waals surface area (Å²) in [4.78, 5) is 22.0. The zero-order chi connectivity index (χ0) is 11.1. The lowest BCUT2D eigenvalue weighted by atomic mass is 10.1. The Bertz CT molecular complexity index is 226. The normalized spacial score (nSPS) is 12.0. The van der Waals surface area contributed by atoms with Gasteiger partial charge in [0.1, 0.15) is 6.54 Å². The van der Waals surface area contributed by atoms with Crippen LogP contribution in [0.2, 0.25) is 0 Å². The number of nitrogens with one attached hydrogen (secondary N) is 1. The molecule has 0 aromatic heterocycles. The summed E-state index contributed by atoms with van der Waals surface area (Å²) in [5.74, 6) is -0.893. The third-order valence-corrected chi connectivity index (χ3v) is 1.64. The van der Waals surface area contributed by atoms with Gasteiger partial charge in [0.25, 0.3) is 0 Å². The third-order valence-electron chi connectivity index (χ3n) is 1.64. The lowest BCUT2D eigenvalue weighted by Gasteiger charge is -2.14. The maximum absolute atomic E-state index is 11.2. The average Bonchev–Trinajstić information content (AvgIpc) is 2.13. The molecule has 14 heavy (non-hydrogen) atoms. The summed E-state index contributed by atoms with van der Waals surface area (Å²) >= 11 is 0. The highest BCUT2D eigenvalue weighted by Gasteiger charge is 2.17. The smallest absolute Gasteiger partial charge is 0.330 e. The number of esters is 1. The Kier molecular flexibility index (Phi) is 5.55. The van der Waals surface area contributed by atoms with Crippen molar-refractivity contribution in [2.75, 3.05) is 6.54 Å². The zero-order valence-electron chi connectivity index (χ0n) is 8.45. The first-order valence-electron chi connectivity index (χ1n) is 4.32. The van der Waals surface area contributed by atoms with Gasteiger partial charge in [-0.05, 0) is 5.92 Å². The van der Waals surface area contributed by atoms with Gasteiger partial charge in [0.05, 0.1) is 12.3 Å². The highest BCUT2D eigenvalue weighted by atomic mass is 16.5. The van der Waals surface area contributed by atoms with Crippen LogP contribution in [0.3, 0.4) is 0 Å². The monoisotopic (exact) mass is 200 g/mol. The van der Waals surface area contributed by atoms with Gasteiger partial charge in [-0.1, -0.05) is 20.4 Å². The first-order chi connectivity index (χ1) is 6.49. The molecular formula is C9H16N2O3. The molecule has 0 fully saturated rings. The van der Waals surface area contributed by atoms with Crippen LogP contribution in [0, 0.1) is 5.92 Å². The second-order valence-electron chi connectivity index (χ2n) is 3.14. The predicted octanol–water partition coefficient (Wildman–Crippen LogP) is -0.227. The molecule has 0 saturated carbocycles. The van der Waals surface area contributed by atoms with Crippen LogP contribution in [0.15, 0.2) is 12.8 Å². The molecule has 80 valence electrons. The molecule has 5 nitrogen and oxygen atoms in total. The van der Waals surface area contributed by atoms with Crippen LogP contribution in [0.25, 0.3) is 0 Å². The Morgan fingerprint density at radius 1 is 1.57 bits per heavy atom. The molecule has 1 unspecified atom stereocenters. The quantitative estimate of drug-likeness (QED) is 0.474. The Balaban J connectivity index is 3.84. The molecule has 0 aliphatic carbocycles. The average molecular weight is 200 g/mol. The first kappa shape index (κ1) is 12.6. The Morgan fingerprint density at radius 2 is 2.14 bits per heavy atom. The number of carbonyl (C=O) groups is 2. The number of carbonyl (C=O) groups excluding carboxylic acids is 2. The van der Waals surface area contributed by atoms with E-state index in [0.717, 1.165) is 6.26 Å². The summed E-state index contributed by atoms with van der Waals surface area (Å²) in [5, 5.41) is 2.36. The lowest BCUT2D eigenvalue weighted by Crippen LogP contribution is -2.45. The molecule has 0 saturated heterocycles. The van der Waals surface area contributed by atoms with Crippen molar-refractivity contribution in [2.45, 2.75) is 19.9 Å². The van der Waals surface area contributed by atoms with Gasteiger partial charge in [0.2, 0.25) is 5.91 Å². The highest BCUT2D eigenvalue weighted by molar-refractivity contribution is 5.85.